The third-order valence-electron chi connectivity index (χ3n) is 4.37. The molecule has 0 saturated carbocycles. The third kappa shape index (κ3) is 3.64. The number of thiazole rings is 1. The number of carbonyl (C=O) groups is 1. The largest absolute Gasteiger partial charge is 0.361 e. The summed E-state index contributed by atoms with van der Waals surface area (Å²) >= 11 is 1.40. The lowest BCUT2D eigenvalue weighted by Crippen LogP contribution is -2.13. The Morgan fingerprint density at radius 1 is 1.28 bits per heavy atom. The van der Waals surface area contributed by atoms with E-state index in [0.717, 1.165) is 17.7 Å². The summed E-state index contributed by atoms with van der Waals surface area (Å²) in [6.45, 7) is 7.88. The van der Waals surface area contributed by atoms with Crippen LogP contribution in [0.4, 0.5) is 5.13 Å². The van der Waals surface area contributed by atoms with E-state index in [-0.39, 0.29) is 5.91 Å². The van der Waals surface area contributed by atoms with Crippen molar-refractivity contribution in [1.29, 1.82) is 0 Å². The molecular weight excluding hydrogens is 334 g/mol. The van der Waals surface area contributed by atoms with Gasteiger partial charge < -0.3 is 4.52 Å². The predicted octanol–water partition coefficient (Wildman–Crippen LogP) is 5.18. The number of aromatic nitrogens is 2. The van der Waals surface area contributed by atoms with Crippen molar-refractivity contribution in [3.05, 3.63) is 52.2 Å². The molecule has 0 aliphatic carbocycles. The van der Waals surface area contributed by atoms with Crippen molar-refractivity contribution in [3.63, 3.8) is 0 Å². The molecule has 0 bridgehead atoms. The van der Waals surface area contributed by atoms with Crippen molar-refractivity contribution in [2.45, 2.75) is 40.0 Å². The molecule has 3 rings (SSSR count). The van der Waals surface area contributed by atoms with Gasteiger partial charge in [0.2, 0.25) is 0 Å². The highest BCUT2D eigenvalue weighted by Gasteiger charge is 2.18. The van der Waals surface area contributed by atoms with Gasteiger partial charge >= 0.3 is 0 Å². The Balaban J connectivity index is 1.75. The van der Waals surface area contributed by atoms with Crippen molar-refractivity contribution in [2.75, 3.05) is 5.32 Å². The van der Waals surface area contributed by atoms with Gasteiger partial charge in [-0.05, 0) is 31.7 Å². The van der Waals surface area contributed by atoms with E-state index in [1.54, 1.807) is 13.8 Å². The first kappa shape index (κ1) is 17.4. The van der Waals surface area contributed by atoms with Crippen molar-refractivity contribution >= 4 is 22.4 Å². The molecule has 6 heteroatoms. The molecule has 0 radical (unpaired) electrons. The predicted molar refractivity (Wildman–Crippen MR) is 100 cm³/mol. The van der Waals surface area contributed by atoms with Crippen molar-refractivity contribution < 1.29 is 9.32 Å². The number of anilines is 1. The molecule has 130 valence electrons. The topological polar surface area (TPSA) is 68.0 Å². The lowest BCUT2D eigenvalue weighted by Gasteiger charge is -2.08. The van der Waals surface area contributed by atoms with E-state index in [9.17, 15) is 4.79 Å². The highest BCUT2D eigenvalue weighted by atomic mass is 32.1. The van der Waals surface area contributed by atoms with Crippen LogP contribution in [0, 0.1) is 13.8 Å². The van der Waals surface area contributed by atoms with Gasteiger partial charge in [-0.25, -0.2) is 4.98 Å². The molecule has 0 aliphatic heterocycles. The SMILES string of the molecule is CCC(C)c1ccc(-c2csc(NC(=O)c3c(C)noc3C)n2)cc1. The molecule has 2 heterocycles. The second-order valence-electron chi connectivity index (χ2n) is 6.12. The van der Waals surface area contributed by atoms with E-state index >= 15 is 0 Å². The van der Waals surface area contributed by atoms with Crippen LogP contribution < -0.4 is 5.32 Å². The smallest absolute Gasteiger partial charge is 0.262 e. The van der Waals surface area contributed by atoms with E-state index in [4.69, 9.17) is 4.52 Å². The van der Waals surface area contributed by atoms with Crippen LogP contribution in [0.3, 0.4) is 0 Å². The normalized spacial score (nSPS) is 12.2. The fraction of sp³-hybridized carbons (Fsp3) is 0.316. The van der Waals surface area contributed by atoms with Gasteiger partial charge in [-0.2, -0.15) is 0 Å². The summed E-state index contributed by atoms with van der Waals surface area (Å²) in [5.41, 5.74) is 4.27. The molecule has 25 heavy (non-hydrogen) atoms. The van der Waals surface area contributed by atoms with Gasteiger partial charge in [0.1, 0.15) is 11.3 Å². The minimum Gasteiger partial charge on any atom is -0.361 e. The monoisotopic (exact) mass is 355 g/mol. The second-order valence-corrected chi connectivity index (χ2v) is 6.98. The summed E-state index contributed by atoms with van der Waals surface area (Å²) < 4.78 is 5.04. The molecule has 1 N–H and O–H groups in total. The van der Waals surface area contributed by atoms with Crippen LogP contribution in [0.2, 0.25) is 0 Å². The number of hydrogen-bond acceptors (Lipinski definition) is 5. The number of aryl methyl sites for hydroxylation is 2. The highest BCUT2D eigenvalue weighted by Crippen LogP contribution is 2.27. The fourth-order valence-corrected chi connectivity index (χ4v) is 3.36. The standard InChI is InChI=1S/C19H21N3O2S/c1-5-11(2)14-6-8-15(9-7-14)16-10-25-19(20-16)21-18(23)17-12(3)22-24-13(17)4/h6-11H,5H2,1-4H3,(H,20,21,23). The van der Waals surface area contributed by atoms with Gasteiger partial charge in [0.25, 0.3) is 5.91 Å². The Morgan fingerprint density at radius 3 is 2.60 bits per heavy atom. The maximum Gasteiger partial charge on any atom is 0.262 e. The van der Waals surface area contributed by atoms with Gasteiger partial charge in [0.05, 0.1) is 11.4 Å². The molecular formula is C19H21N3O2S. The lowest BCUT2D eigenvalue weighted by molar-refractivity contribution is 0.102. The quantitative estimate of drug-likeness (QED) is 0.684. The van der Waals surface area contributed by atoms with Gasteiger partial charge in [0.15, 0.2) is 5.13 Å². The lowest BCUT2D eigenvalue weighted by atomic mass is 9.97. The van der Waals surface area contributed by atoms with Crippen molar-refractivity contribution in [2.24, 2.45) is 0 Å². The first-order chi connectivity index (χ1) is 12.0. The zero-order chi connectivity index (χ0) is 18.0. The Bertz CT molecular complexity index is 861. The molecule has 2 aromatic heterocycles. The Labute approximate surface area is 151 Å². The zero-order valence-electron chi connectivity index (χ0n) is 14.8. The summed E-state index contributed by atoms with van der Waals surface area (Å²) in [6.07, 6.45) is 1.12. The zero-order valence-corrected chi connectivity index (χ0v) is 15.6. The van der Waals surface area contributed by atoms with Gasteiger partial charge in [-0.3, -0.25) is 10.1 Å². The van der Waals surface area contributed by atoms with Crippen molar-refractivity contribution in [1.82, 2.24) is 10.1 Å². The van der Waals surface area contributed by atoms with E-state index < -0.39 is 0 Å². The number of carbonyl (C=O) groups excluding carboxylic acids is 1. The summed E-state index contributed by atoms with van der Waals surface area (Å²) in [5, 5.41) is 9.14. The second kappa shape index (κ2) is 7.19. The average Bonchev–Trinajstić information content (AvgIpc) is 3.20. The molecule has 3 aromatic rings. The molecule has 1 amide bonds. The van der Waals surface area contributed by atoms with E-state index in [0.29, 0.717) is 28.1 Å². The molecule has 0 fully saturated rings. The fourth-order valence-electron chi connectivity index (χ4n) is 2.65. The molecule has 5 nitrogen and oxygen atoms in total. The number of benzene rings is 1. The Hall–Kier alpha value is -2.47. The molecule has 1 atom stereocenters. The number of hydrogen-bond donors (Lipinski definition) is 1. The van der Waals surface area contributed by atoms with Gasteiger partial charge in [0, 0.05) is 10.9 Å². The highest BCUT2D eigenvalue weighted by molar-refractivity contribution is 7.14. The van der Waals surface area contributed by atoms with Crippen LogP contribution in [0.15, 0.2) is 34.2 Å². The van der Waals surface area contributed by atoms with Crippen molar-refractivity contribution in [3.8, 4) is 11.3 Å². The molecule has 0 aliphatic rings. The van der Waals surface area contributed by atoms with Crippen LogP contribution in [-0.2, 0) is 0 Å². The molecule has 1 aromatic carbocycles. The van der Waals surface area contributed by atoms with Crippen LogP contribution in [0.1, 0.15) is 53.6 Å². The maximum atomic E-state index is 12.4. The summed E-state index contributed by atoms with van der Waals surface area (Å²) in [7, 11) is 0. The summed E-state index contributed by atoms with van der Waals surface area (Å²) in [5.74, 6) is 0.811. The van der Waals surface area contributed by atoms with Gasteiger partial charge in [-0.1, -0.05) is 43.3 Å². The molecule has 0 saturated heterocycles. The first-order valence-electron chi connectivity index (χ1n) is 8.29. The van der Waals surface area contributed by atoms with Crippen LogP contribution in [0.25, 0.3) is 11.3 Å². The van der Waals surface area contributed by atoms with E-state index in [1.807, 2.05) is 5.38 Å². The first-order valence-corrected chi connectivity index (χ1v) is 9.17. The average molecular weight is 355 g/mol. The number of rotatable bonds is 5. The van der Waals surface area contributed by atoms with Crippen LogP contribution in [-0.4, -0.2) is 16.0 Å². The summed E-state index contributed by atoms with van der Waals surface area (Å²) in [6, 6.07) is 8.45. The minimum absolute atomic E-state index is 0.246. The Morgan fingerprint density at radius 2 is 2.00 bits per heavy atom. The van der Waals surface area contributed by atoms with Crippen LogP contribution >= 0.6 is 11.3 Å². The number of nitrogens with one attached hydrogen (secondary N) is 1. The van der Waals surface area contributed by atoms with E-state index in [1.165, 1.54) is 16.9 Å². The maximum absolute atomic E-state index is 12.4. The third-order valence-corrected chi connectivity index (χ3v) is 5.13. The van der Waals surface area contributed by atoms with E-state index in [2.05, 4.69) is 53.6 Å². The Kier molecular flexibility index (Phi) is 4.99. The van der Waals surface area contributed by atoms with Crippen LogP contribution in [0.5, 0.6) is 0 Å². The molecule has 0 spiro atoms. The van der Waals surface area contributed by atoms with Gasteiger partial charge in [-0.15, -0.1) is 11.3 Å². The number of nitrogens with zero attached hydrogens (tertiary/aromatic N) is 2. The molecule has 1 unspecified atom stereocenters. The summed E-state index contributed by atoms with van der Waals surface area (Å²) in [4.78, 5) is 16.9. The minimum atomic E-state index is -0.246. The number of amides is 1.